The number of oxime groups is 1. The molecule has 7 nitrogen and oxygen atoms in total. The van der Waals surface area contributed by atoms with E-state index < -0.39 is 11.7 Å². The maximum atomic E-state index is 11.6. The molecule has 1 heterocycles. The van der Waals surface area contributed by atoms with Gasteiger partial charge in [-0.25, -0.2) is 9.78 Å². The van der Waals surface area contributed by atoms with Crippen molar-refractivity contribution in [2.24, 2.45) is 5.16 Å². The molecule has 0 unspecified atom stereocenters. The van der Waals surface area contributed by atoms with Crippen LogP contribution in [0, 0.1) is 0 Å². The van der Waals surface area contributed by atoms with Gasteiger partial charge >= 0.3 is 6.09 Å². The van der Waals surface area contributed by atoms with E-state index in [0.29, 0.717) is 17.1 Å². The molecule has 0 radical (unpaired) electrons. The van der Waals surface area contributed by atoms with Crippen LogP contribution in [0.4, 0.5) is 9.93 Å². The molecule has 0 saturated carbocycles. The zero-order chi connectivity index (χ0) is 15.9. The highest BCUT2D eigenvalue weighted by atomic mass is 32.1. The lowest BCUT2D eigenvalue weighted by molar-refractivity contribution is -0.102. The molecule has 1 N–H and O–H groups in total. The van der Waals surface area contributed by atoms with Gasteiger partial charge in [-0.2, -0.15) is 0 Å². The number of nitrogens with zero attached hydrogens (tertiary/aromatic N) is 2. The van der Waals surface area contributed by atoms with Crippen molar-refractivity contribution in [2.45, 2.75) is 26.4 Å². The zero-order valence-corrected chi connectivity index (χ0v) is 12.9. The summed E-state index contributed by atoms with van der Waals surface area (Å²) in [5, 5.41) is 8.00. The Labute approximate surface area is 126 Å². The highest BCUT2D eigenvalue weighted by Crippen LogP contribution is 2.17. The van der Waals surface area contributed by atoms with Crippen LogP contribution >= 0.6 is 11.3 Å². The van der Waals surface area contributed by atoms with Gasteiger partial charge in [-0.1, -0.05) is 17.8 Å². The van der Waals surface area contributed by atoms with Crippen LogP contribution in [-0.4, -0.2) is 35.3 Å². The molecule has 0 spiro atoms. The van der Waals surface area contributed by atoms with Gasteiger partial charge in [0.1, 0.15) is 17.9 Å². The lowest BCUT2D eigenvalue weighted by atomic mass is 10.2. The molecule has 0 aliphatic rings. The Hall–Kier alpha value is -2.22. The average Bonchev–Trinajstić information content (AvgIpc) is 2.80. The van der Waals surface area contributed by atoms with Crippen LogP contribution < -0.4 is 5.32 Å². The SMILES string of the molecule is C=CCO/N=C(\C=O)c1csc(NC(=O)OC(C)(C)C)n1. The van der Waals surface area contributed by atoms with Gasteiger partial charge < -0.3 is 9.57 Å². The predicted molar refractivity (Wildman–Crippen MR) is 80.7 cm³/mol. The summed E-state index contributed by atoms with van der Waals surface area (Å²) in [5.41, 5.74) is -0.256. The van der Waals surface area contributed by atoms with Crippen molar-refractivity contribution in [1.29, 1.82) is 0 Å². The number of carbonyl (C=O) groups excluding carboxylic acids is 2. The van der Waals surface area contributed by atoms with Crippen molar-refractivity contribution in [3.05, 3.63) is 23.7 Å². The van der Waals surface area contributed by atoms with E-state index in [1.54, 1.807) is 26.2 Å². The maximum Gasteiger partial charge on any atom is 0.413 e. The molecule has 1 aromatic heterocycles. The third-order valence-corrected chi connectivity index (χ3v) is 2.60. The van der Waals surface area contributed by atoms with Crippen LogP contribution in [-0.2, 0) is 14.4 Å². The second-order valence-corrected chi connectivity index (χ2v) is 5.70. The predicted octanol–water partition coefficient (Wildman–Crippen LogP) is 2.60. The van der Waals surface area contributed by atoms with Crippen molar-refractivity contribution in [1.82, 2.24) is 4.98 Å². The van der Waals surface area contributed by atoms with Gasteiger partial charge in [-0.05, 0) is 20.8 Å². The maximum absolute atomic E-state index is 11.6. The molecule has 8 heteroatoms. The fourth-order valence-electron chi connectivity index (χ4n) is 1.13. The minimum atomic E-state index is -0.615. The fraction of sp³-hybridized carbons (Fsp3) is 0.385. The first-order valence-corrected chi connectivity index (χ1v) is 6.95. The molecule has 0 saturated heterocycles. The van der Waals surface area contributed by atoms with Crippen LogP contribution in [0.5, 0.6) is 0 Å². The Morgan fingerprint density at radius 3 is 2.86 bits per heavy atom. The minimum absolute atomic E-state index is 0.0327. The topological polar surface area (TPSA) is 89.9 Å². The summed E-state index contributed by atoms with van der Waals surface area (Å²) in [6, 6.07) is 0. The van der Waals surface area contributed by atoms with Gasteiger partial charge in [0.15, 0.2) is 17.1 Å². The Bertz CT molecular complexity index is 546. The van der Waals surface area contributed by atoms with E-state index in [1.165, 1.54) is 6.08 Å². The second kappa shape index (κ2) is 7.53. The van der Waals surface area contributed by atoms with Crippen LogP contribution in [0.15, 0.2) is 23.2 Å². The lowest BCUT2D eigenvalue weighted by Crippen LogP contribution is -2.27. The highest BCUT2D eigenvalue weighted by Gasteiger charge is 2.18. The number of aromatic nitrogens is 1. The van der Waals surface area contributed by atoms with Crippen LogP contribution in [0.1, 0.15) is 26.5 Å². The summed E-state index contributed by atoms with van der Waals surface area (Å²) in [7, 11) is 0. The Morgan fingerprint density at radius 1 is 1.57 bits per heavy atom. The number of anilines is 1. The number of aldehydes is 1. The number of amides is 1. The van der Waals surface area contributed by atoms with E-state index in [0.717, 1.165) is 11.3 Å². The summed E-state index contributed by atoms with van der Waals surface area (Å²) >= 11 is 1.15. The Kier molecular flexibility index (Phi) is 6.04. The molecule has 0 fully saturated rings. The fourth-order valence-corrected chi connectivity index (χ4v) is 1.82. The lowest BCUT2D eigenvalue weighted by Gasteiger charge is -2.18. The van der Waals surface area contributed by atoms with Gasteiger partial charge in [0, 0.05) is 5.38 Å². The van der Waals surface area contributed by atoms with Crippen molar-refractivity contribution in [3.63, 3.8) is 0 Å². The van der Waals surface area contributed by atoms with E-state index in [9.17, 15) is 9.59 Å². The van der Waals surface area contributed by atoms with E-state index in [-0.39, 0.29) is 12.3 Å². The number of thiazole rings is 1. The molecule has 21 heavy (non-hydrogen) atoms. The molecule has 0 bridgehead atoms. The number of ether oxygens (including phenoxy) is 1. The zero-order valence-electron chi connectivity index (χ0n) is 12.1. The monoisotopic (exact) mass is 311 g/mol. The quantitative estimate of drug-likeness (QED) is 0.287. The molecular formula is C13H17N3O4S. The summed E-state index contributed by atoms with van der Waals surface area (Å²) in [5.74, 6) is 0. The molecule has 0 aromatic carbocycles. The van der Waals surface area contributed by atoms with Crippen molar-refractivity contribution < 1.29 is 19.2 Å². The number of carbonyl (C=O) groups is 2. The number of hydrogen-bond acceptors (Lipinski definition) is 7. The van der Waals surface area contributed by atoms with Crippen molar-refractivity contribution in [2.75, 3.05) is 11.9 Å². The van der Waals surface area contributed by atoms with Crippen molar-refractivity contribution >= 4 is 34.6 Å². The van der Waals surface area contributed by atoms with Crippen LogP contribution in [0.3, 0.4) is 0 Å². The first kappa shape index (κ1) is 16.8. The molecule has 0 aliphatic carbocycles. The minimum Gasteiger partial charge on any atom is -0.444 e. The molecule has 0 aliphatic heterocycles. The van der Waals surface area contributed by atoms with Gasteiger partial charge in [0.2, 0.25) is 0 Å². The molecular weight excluding hydrogens is 294 g/mol. The Morgan fingerprint density at radius 2 is 2.29 bits per heavy atom. The number of hydrogen-bond donors (Lipinski definition) is 1. The van der Waals surface area contributed by atoms with Gasteiger partial charge in [-0.3, -0.25) is 10.1 Å². The standard InChI is InChI=1S/C13H17N3O4S/c1-5-6-19-16-9(7-17)10-8-21-11(14-10)15-12(18)20-13(2,3)4/h5,7-8H,1,6H2,2-4H3,(H,14,15,18)/b16-9+. The smallest absolute Gasteiger partial charge is 0.413 e. The molecule has 1 amide bonds. The molecule has 1 aromatic rings. The summed E-state index contributed by atoms with van der Waals surface area (Å²) in [6.45, 7) is 8.92. The van der Waals surface area contributed by atoms with Crippen LogP contribution in [0.2, 0.25) is 0 Å². The third kappa shape index (κ3) is 6.17. The van der Waals surface area contributed by atoms with E-state index in [4.69, 9.17) is 9.57 Å². The largest absolute Gasteiger partial charge is 0.444 e. The van der Waals surface area contributed by atoms with Gasteiger partial charge in [0.25, 0.3) is 0 Å². The van der Waals surface area contributed by atoms with E-state index in [2.05, 4.69) is 22.0 Å². The number of rotatable bonds is 6. The van der Waals surface area contributed by atoms with E-state index >= 15 is 0 Å². The summed E-state index contributed by atoms with van der Waals surface area (Å²) in [6.07, 6.45) is 1.41. The molecule has 0 atom stereocenters. The van der Waals surface area contributed by atoms with Gasteiger partial charge in [0.05, 0.1) is 0 Å². The normalized spacial score (nSPS) is 11.7. The number of nitrogens with one attached hydrogen (secondary N) is 1. The Balaban J connectivity index is 2.71. The molecule has 1 rings (SSSR count). The van der Waals surface area contributed by atoms with Gasteiger partial charge in [-0.15, -0.1) is 11.3 Å². The summed E-state index contributed by atoms with van der Waals surface area (Å²) < 4.78 is 5.10. The van der Waals surface area contributed by atoms with E-state index in [1.807, 2.05) is 0 Å². The first-order chi connectivity index (χ1) is 9.85. The average molecular weight is 311 g/mol. The second-order valence-electron chi connectivity index (χ2n) is 4.84. The van der Waals surface area contributed by atoms with Crippen LogP contribution in [0.25, 0.3) is 0 Å². The summed E-state index contributed by atoms with van der Waals surface area (Å²) in [4.78, 5) is 31.4. The van der Waals surface area contributed by atoms with Crippen molar-refractivity contribution in [3.8, 4) is 0 Å². The third-order valence-electron chi connectivity index (χ3n) is 1.84. The highest BCUT2D eigenvalue weighted by molar-refractivity contribution is 7.14. The first-order valence-electron chi connectivity index (χ1n) is 6.07. The molecule has 114 valence electrons.